The van der Waals surface area contributed by atoms with Crippen molar-refractivity contribution in [3.05, 3.63) is 99.1 Å². The van der Waals surface area contributed by atoms with E-state index < -0.39 is 24.5 Å². The number of nitrogens with zero attached hydrogens (tertiary/aromatic N) is 2. The van der Waals surface area contributed by atoms with Crippen LogP contribution in [0.25, 0.3) is 5.57 Å². The molecule has 3 aliphatic rings. The smallest absolute Gasteiger partial charge is 0.305 e. The molecule has 2 heterocycles. The molecule has 1 saturated heterocycles. The first-order valence-electron chi connectivity index (χ1n) is 18.1. The number of rotatable bonds is 15. The van der Waals surface area contributed by atoms with E-state index in [1.165, 1.54) is 11.1 Å². The fourth-order valence-electron chi connectivity index (χ4n) is 7.10. The van der Waals surface area contributed by atoms with Gasteiger partial charge in [0, 0.05) is 37.3 Å². The van der Waals surface area contributed by atoms with E-state index in [0.717, 1.165) is 41.5 Å². The fourth-order valence-corrected chi connectivity index (χ4v) is 7.37. The number of carboxylic acid groups (broad SMARTS) is 1. The maximum Gasteiger partial charge on any atom is 0.305 e. The van der Waals surface area contributed by atoms with Gasteiger partial charge in [0.1, 0.15) is 24.7 Å². The Hall–Kier alpha value is -4.38. The van der Waals surface area contributed by atoms with Crippen molar-refractivity contribution in [3.8, 4) is 11.5 Å². The van der Waals surface area contributed by atoms with Crippen LogP contribution < -0.4 is 14.8 Å². The summed E-state index contributed by atoms with van der Waals surface area (Å²) in [5.74, 6) is -0.196. The predicted molar refractivity (Wildman–Crippen MR) is 200 cm³/mol. The standard InChI is InChI=1S/C41H48ClN3O7/c1-25-4-6-28(7-5-25)14-15-45(31-10-11-31)41(50)40-34(20-30-23-44(24-36(40)43-30)38(47)21-32(46)22-39(48)49)29-8-12-33(13-9-29)51-16-17-52-37-19-27(3)26(2)18-35(37)42/h4-9,12-13,18-19,30-32,36,43,46H,10-11,14-17,20-24H2,1-3H3,(H,48,49)/t30-,32+,36-/m1/s1. The Kier molecular flexibility index (Phi) is 11.9. The summed E-state index contributed by atoms with van der Waals surface area (Å²) in [4.78, 5) is 42.7. The van der Waals surface area contributed by atoms with Crippen LogP contribution in [0.3, 0.4) is 0 Å². The maximum atomic E-state index is 14.7. The van der Waals surface area contributed by atoms with Crippen LogP contribution in [-0.4, -0.2) is 94.9 Å². The molecule has 3 aromatic rings. The van der Waals surface area contributed by atoms with Crippen molar-refractivity contribution in [3.63, 3.8) is 0 Å². The summed E-state index contributed by atoms with van der Waals surface area (Å²) >= 11 is 6.36. The second-order valence-electron chi connectivity index (χ2n) is 14.3. The number of halogens is 1. The van der Waals surface area contributed by atoms with Gasteiger partial charge < -0.3 is 34.8 Å². The number of amides is 2. The summed E-state index contributed by atoms with van der Waals surface area (Å²) in [5, 5.41) is 23.5. The van der Waals surface area contributed by atoms with Crippen molar-refractivity contribution in [2.45, 2.75) is 83.5 Å². The maximum absolute atomic E-state index is 14.7. The van der Waals surface area contributed by atoms with E-state index in [1.54, 1.807) is 4.90 Å². The average Bonchev–Trinajstić information content (AvgIpc) is 3.94. The van der Waals surface area contributed by atoms with Crippen molar-refractivity contribution < 1.29 is 34.1 Å². The highest BCUT2D eigenvalue weighted by Crippen LogP contribution is 2.37. The molecular weight excluding hydrogens is 682 g/mol. The molecule has 0 spiro atoms. The number of aliphatic hydroxyl groups excluding tert-OH is 1. The minimum atomic E-state index is -1.27. The highest BCUT2D eigenvalue weighted by atomic mass is 35.5. The molecule has 2 bridgehead atoms. The number of hydrogen-bond donors (Lipinski definition) is 3. The first kappa shape index (κ1) is 37.4. The molecule has 276 valence electrons. The molecule has 52 heavy (non-hydrogen) atoms. The van der Waals surface area contributed by atoms with Gasteiger partial charge in [-0.2, -0.15) is 0 Å². The van der Waals surface area contributed by atoms with E-state index in [9.17, 15) is 19.5 Å². The number of hydrogen-bond acceptors (Lipinski definition) is 7. The number of aliphatic hydroxyl groups is 1. The highest BCUT2D eigenvalue weighted by Gasteiger charge is 2.43. The van der Waals surface area contributed by atoms with E-state index in [2.05, 4.69) is 36.5 Å². The Balaban J connectivity index is 1.21. The molecule has 2 aliphatic heterocycles. The summed E-state index contributed by atoms with van der Waals surface area (Å²) < 4.78 is 11.9. The number of aliphatic carboxylic acids is 1. The first-order chi connectivity index (χ1) is 24.9. The van der Waals surface area contributed by atoms with Crippen molar-refractivity contribution in [2.75, 3.05) is 32.8 Å². The van der Waals surface area contributed by atoms with E-state index in [-0.39, 0.29) is 36.9 Å². The summed E-state index contributed by atoms with van der Waals surface area (Å²) in [5.41, 5.74) is 7.11. The van der Waals surface area contributed by atoms with Crippen LogP contribution >= 0.6 is 11.6 Å². The minimum Gasteiger partial charge on any atom is -0.490 e. The molecule has 0 radical (unpaired) electrons. The third-order valence-electron chi connectivity index (χ3n) is 10.2. The molecule has 3 N–H and O–H groups in total. The molecule has 2 amide bonds. The predicted octanol–water partition coefficient (Wildman–Crippen LogP) is 5.51. The van der Waals surface area contributed by atoms with Crippen LogP contribution in [-0.2, 0) is 20.8 Å². The Morgan fingerprint density at radius 1 is 0.942 bits per heavy atom. The van der Waals surface area contributed by atoms with Gasteiger partial charge in [0.15, 0.2) is 0 Å². The van der Waals surface area contributed by atoms with E-state index in [1.807, 2.05) is 55.1 Å². The lowest BCUT2D eigenvalue weighted by atomic mass is 9.82. The van der Waals surface area contributed by atoms with Gasteiger partial charge in [-0.15, -0.1) is 0 Å². The van der Waals surface area contributed by atoms with Crippen LogP contribution in [0.1, 0.15) is 59.9 Å². The van der Waals surface area contributed by atoms with Gasteiger partial charge in [-0.25, -0.2) is 0 Å². The second-order valence-corrected chi connectivity index (χ2v) is 14.7. The summed E-state index contributed by atoms with van der Waals surface area (Å²) in [7, 11) is 0. The number of carbonyl (C=O) groups is 3. The second kappa shape index (κ2) is 16.5. The molecule has 6 rings (SSSR count). The Labute approximate surface area is 310 Å². The lowest BCUT2D eigenvalue weighted by molar-refractivity contribution is -0.141. The molecule has 0 aromatic heterocycles. The lowest BCUT2D eigenvalue weighted by Crippen LogP contribution is -2.62. The van der Waals surface area contributed by atoms with E-state index in [4.69, 9.17) is 26.2 Å². The van der Waals surface area contributed by atoms with Gasteiger partial charge in [0.2, 0.25) is 5.91 Å². The Morgan fingerprint density at radius 3 is 2.33 bits per heavy atom. The number of benzene rings is 3. The largest absolute Gasteiger partial charge is 0.490 e. The third-order valence-corrected chi connectivity index (χ3v) is 10.5. The van der Waals surface area contributed by atoms with Gasteiger partial charge >= 0.3 is 5.97 Å². The molecule has 3 atom stereocenters. The van der Waals surface area contributed by atoms with E-state index >= 15 is 0 Å². The topological polar surface area (TPSA) is 129 Å². The molecule has 1 saturated carbocycles. The number of aryl methyl sites for hydroxylation is 3. The van der Waals surface area contributed by atoms with Crippen LogP contribution in [0, 0.1) is 20.8 Å². The number of piperazine rings is 1. The van der Waals surface area contributed by atoms with Crippen LogP contribution in [0.2, 0.25) is 5.02 Å². The minimum absolute atomic E-state index is 0.0248. The number of fused-ring (bicyclic) bond motifs is 2. The lowest BCUT2D eigenvalue weighted by Gasteiger charge is -2.45. The number of carboxylic acids is 1. The molecule has 2 fully saturated rings. The zero-order chi connectivity index (χ0) is 36.9. The average molecular weight is 730 g/mol. The normalized spacial score (nSPS) is 18.9. The molecule has 10 nitrogen and oxygen atoms in total. The first-order valence-corrected chi connectivity index (χ1v) is 18.5. The fraction of sp³-hybridized carbons (Fsp3) is 0.439. The van der Waals surface area contributed by atoms with Crippen LogP contribution in [0.5, 0.6) is 11.5 Å². The molecule has 1 aliphatic carbocycles. The quantitative estimate of drug-likeness (QED) is 0.175. The Bertz CT molecular complexity index is 1810. The van der Waals surface area contributed by atoms with Crippen molar-refractivity contribution in [1.29, 1.82) is 0 Å². The SMILES string of the molecule is Cc1ccc(CCN(C(=O)C2=C(c3ccc(OCCOc4cc(C)c(C)cc4Cl)cc3)C[C@@H]3CN(C(=O)C[C@H](O)CC(=O)O)C[C@H]2N3)C2CC2)cc1. The number of ether oxygens (including phenoxy) is 2. The summed E-state index contributed by atoms with van der Waals surface area (Å²) in [6.45, 7) is 7.97. The van der Waals surface area contributed by atoms with Gasteiger partial charge in [-0.3, -0.25) is 14.4 Å². The molecule has 11 heteroatoms. The number of nitrogens with one attached hydrogen (secondary N) is 1. The number of carbonyl (C=O) groups excluding carboxylic acids is 2. The van der Waals surface area contributed by atoms with Gasteiger partial charge in [0.25, 0.3) is 5.91 Å². The summed E-state index contributed by atoms with van der Waals surface area (Å²) in [6, 6.07) is 19.6. The Morgan fingerprint density at radius 2 is 1.63 bits per heavy atom. The van der Waals surface area contributed by atoms with Crippen molar-refractivity contribution >= 4 is 35.0 Å². The van der Waals surface area contributed by atoms with Gasteiger partial charge in [-0.1, -0.05) is 53.6 Å². The van der Waals surface area contributed by atoms with Gasteiger partial charge in [-0.05, 0) is 98.5 Å². The van der Waals surface area contributed by atoms with Crippen LogP contribution in [0.15, 0.2) is 66.2 Å². The third kappa shape index (κ3) is 9.34. The summed E-state index contributed by atoms with van der Waals surface area (Å²) in [6.07, 6.45) is 1.14. The highest BCUT2D eigenvalue weighted by molar-refractivity contribution is 6.32. The molecule has 0 unspecified atom stereocenters. The van der Waals surface area contributed by atoms with Crippen molar-refractivity contribution in [1.82, 2.24) is 15.1 Å². The van der Waals surface area contributed by atoms with E-state index in [0.29, 0.717) is 54.8 Å². The van der Waals surface area contributed by atoms with Crippen molar-refractivity contribution in [2.24, 2.45) is 0 Å². The molecular formula is C41H48ClN3O7. The zero-order valence-corrected chi connectivity index (χ0v) is 30.8. The molecule has 3 aromatic carbocycles. The van der Waals surface area contributed by atoms with Gasteiger partial charge in [0.05, 0.1) is 30.0 Å². The zero-order valence-electron chi connectivity index (χ0n) is 30.1. The van der Waals surface area contributed by atoms with Crippen LogP contribution in [0.4, 0.5) is 0 Å². The monoisotopic (exact) mass is 729 g/mol.